The fourth-order valence-electron chi connectivity index (χ4n) is 1.58. The van der Waals surface area contributed by atoms with Gasteiger partial charge in [0.2, 0.25) is 0 Å². The minimum Gasteiger partial charge on any atom is -0.330 e. The maximum Gasteiger partial charge on any atom is 0.167 e. The van der Waals surface area contributed by atoms with Crippen LogP contribution in [0.25, 0.3) is 0 Å². The molecule has 0 radical (unpaired) electrons. The van der Waals surface area contributed by atoms with E-state index < -0.39 is 0 Å². The molecule has 1 atom stereocenters. The Morgan fingerprint density at radius 3 is 2.67 bits per heavy atom. The number of rotatable bonds is 4. The van der Waals surface area contributed by atoms with Crippen molar-refractivity contribution in [3.05, 3.63) is 35.1 Å². The lowest BCUT2D eigenvalue weighted by Crippen LogP contribution is -2.23. The molecule has 0 aromatic heterocycles. The number of hydrogen-bond donors (Lipinski definition) is 1. The molecule has 0 saturated carbocycles. The summed E-state index contributed by atoms with van der Waals surface area (Å²) in [6.07, 6.45) is 0.714. The molecule has 0 aliphatic rings. The molecule has 0 bridgehead atoms. The Bertz CT molecular complexity index is 359. The predicted molar refractivity (Wildman–Crippen MR) is 58.3 cm³/mol. The lowest BCUT2D eigenvalue weighted by Gasteiger charge is -2.12. The summed E-state index contributed by atoms with van der Waals surface area (Å²) in [5.41, 5.74) is 6.76. The highest BCUT2D eigenvalue weighted by atomic mass is 19.1. The van der Waals surface area contributed by atoms with Gasteiger partial charge >= 0.3 is 0 Å². The Kier molecular flexibility index (Phi) is 3.97. The monoisotopic (exact) mass is 209 g/mol. The van der Waals surface area contributed by atoms with Crippen molar-refractivity contribution >= 4 is 5.78 Å². The van der Waals surface area contributed by atoms with E-state index >= 15 is 0 Å². The first-order valence-corrected chi connectivity index (χ1v) is 5.10. The largest absolute Gasteiger partial charge is 0.330 e. The quantitative estimate of drug-likeness (QED) is 0.773. The Balaban J connectivity index is 3.00. The van der Waals surface area contributed by atoms with Crippen molar-refractivity contribution in [2.75, 3.05) is 6.54 Å². The number of carbonyl (C=O) groups is 1. The summed E-state index contributed by atoms with van der Waals surface area (Å²) >= 11 is 0. The van der Waals surface area contributed by atoms with Gasteiger partial charge in [0.15, 0.2) is 5.78 Å². The standard InChI is InChI=1S/C12H16FNO/c1-3-9(7-14)12(15)11-5-4-10(13)6-8(11)2/h4-6,9H,3,7,14H2,1-2H3. The van der Waals surface area contributed by atoms with Crippen molar-refractivity contribution in [3.8, 4) is 0 Å². The first kappa shape index (κ1) is 11.9. The van der Waals surface area contributed by atoms with Gasteiger partial charge in [-0.3, -0.25) is 4.79 Å². The van der Waals surface area contributed by atoms with Crippen LogP contribution in [0.3, 0.4) is 0 Å². The van der Waals surface area contributed by atoms with Gasteiger partial charge < -0.3 is 5.73 Å². The smallest absolute Gasteiger partial charge is 0.167 e. The summed E-state index contributed by atoms with van der Waals surface area (Å²) in [6, 6.07) is 4.21. The second-order valence-electron chi connectivity index (χ2n) is 3.66. The average molecular weight is 209 g/mol. The van der Waals surface area contributed by atoms with Crippen LogP contribution in [0.1, 0.15) is 29.3 Å². The topological polar surface area (TPSA) is 43.1 Å². The third-order valence-electron chi connectivity index (χ3n) is 2.60. The average Bonchev–Trinajstić information content (AvgIpc) is 2.19. The third-order valence-corrected chi connectivity index (χ3v) is 2.60. The number of benzene rings is 1. The van der Waals surface area contributed by atoms with Gasteiger partial charge in [-0.1, -0.05) is 6.92 Å². The normalized spacial score (nSPS) is 12.5. The minimum atomic E-state index is -0.315. The molecule has 2 N–H and O–H groups in total. The van der Waals surface area contributed by atoms with Crippen molar-refractivity contribution in [2.45, 2.75) is 20.3 Å². The number of Topliss-reactive ketones (excluding diaryl/α,β-unsaturated/α-hetero) is 1. The molecular formula is C12H16FNO. The highest BCUT2D eigenvalue weighted by Gasteiger charge is 2.18. The van der Waals surface area contributed by atoms with Gasteiger partial charge in [0, 0.05) is 18.0 Å². The lowest BCUT2D eigenvalue weighted by molar-refractivity contribution is 0.0920. The third kappa shape index (κ3) is 2.63. The fourth-order valence-corrected chi connectivity index (χ4v) is 1.58. The van der Waals surface area contributed by atoms with Gasteiger partial charge in [0.1, 0.15) is 5.82 Å². The van der Waals surface area contributed by atoms with Crippen molar-refractivity contribution in [1.82, 2.24) is 0 Å². The molecule has 1 aromatic carbocycles. The van der Waals surface area contributed by atoms with E-state index in [1.54, 1.807) is 6.92 Å². The van der Waals surface area contributed by atoms with E-state index in [1.807, 2.05) is 6.92 Å². The van der Waals surface area contributed by atoms with Crippen LogP contribution in [0.15, 0.2) is 18.2 Å². The summed E-state index contributed by atoms with van der Waals surface area (Å²) in [4.78, 5) is 11.9. The van der Waals surface area contributed by atoms with Gasteiger partial charge in [0.05, 0.1) is 0 Å². The maximum atomic E-state index is 12.8. The Morgan fingerprint density at radius 2 is 2.20 bits per heavy atom. The van der Waals surface area contributed by atoms with Crippen LogP contribution >= 0.6 is 0 Å². The lowest BCUT2D eigenvalue weighted by atomic mass is 9.93. The summed E-state index contributed by atoms with van der Waals surface area (Å²) in [6.45, 7) is 4.00. The molecule has 0 aliphatic carbocycles. The summed E-state index contributed by atoms with van der Waals surface area (Å²) in [5.74, 6) is -0.462. The first-order chi connectivity index (χ1) is 7.10. The van der Waals surface area contributed by atoms with Crippen LogP contribution in [-0.2, 0) is 0 Å². The van der Waals surface area contributed by atoms with E-state index in [2.05, 4.69) is 0 Å². The molecule has 0 heterocycles. The number of aryl methyl sites for hydroxylation is 1. The van der Waals surface area contributed by atoms with E-state index in [0.717, 1.165) is 0 Å². The molecule has 82 valence electrons. The van der Waals surface area contributed by atoms with Crippen LogP contribution in [-0.4, -0.2) is 12.3 Å². The second kappa shape index (κ2) is 5.03. The number of carbonyl (C=O) groups excluding carboxylic acids is 1. The fraction of sp³-hybridized carbons (Fsp3) is 0.417. The Hall–Kier alpha value is -1.22. The van der Waals surface area contributed by atoms with E-state index in [9.17, 15) is 9.18 Å². The van der Waals surface area contributed by atoms with Crippen LogP contribution in [0, 0.1) is 18.7 Å². The molecule has 2 nitrogen and oxygen atoms in total. The molecular weight excluding hydrogens is 193 g/mol. The molecule has 15 heavy (non-hydrogen) atoms. The van der Waals surface area contributed by atoms with Crippen molar-refractivity contribution in [1.29, 1.82) is 0 Å². The molecule has 3 heteroatoms. The molecule has 0 saturated heterocycles. The Labute approximate surface area is 89.3 Å². The molecule has 0 aliphatic heterocycles. The summed E-state index contributed by atoms with van der Waals surface area (Å²) < 4.78 is 12.8. The molecule has 1 aromatic rings. The SMILES string of the molecule is CCC(CN)C(=O)c1ccc(F)cc1C. The maximum absolute atomic E-state index is 12.8. The highest BCUT2D eigenvalue weighted by Crippen LogP contribution is 2.16. The zero-order valence-corrected chi connectivity index (χ0v) is 9.09. The second-order valence-corrected chi connectivity index (χ2v) is 3.66. The van der Waals surface area contributed by atoms with Gasteiger partial charge in [-0.05, 0) is 37.1 Å². The van der Waals surface area contributed by atoms with E-state index in [4.69, 9.17) is 5.73 Å². The van der Waals surface area contributed by atoms with E-state index in [-0.39, 0.29) is 17.5 Å². The van der Waals surface area contributed by atoms with Gasteiger partial charge in [-0.15, -0.1) is 0 Å². The van der Waals surface area contributed by atoms with Gasteiger partial charge in [0.25, 0.3) is 0 Å². The molecule has 1 rings (SSSR count). The van der Waals surface area contributed by atoms with Crippen LogP contribution in [0.4, 0.5) is 4.39 Å². The Morgan fingerprint density at radius 1 is 1.53 bits per heavy atom. The minimum absolute atomic E-state index is 0.0116. The molecule has 0 spiro atoms. The molecule has 0 amide bonds. The number of hydrogen-bond acceptors (Lipinski definition) is 2. The highest BCUT2D eigenvalue weighted by molar-refractivity contribution is 5.99. The van der Waals surface area contributed by atoms with Crippen LogP contribution < -0.4 is 5.73 Å². The first-order valence-electron chi connectivity index (χ1n) is 5.10. The van der Waals surface area contributed by atoms with Crippen molar-refractivity contribution in [2.24, 2.45) is 11.7 Å². The zero-order chi connectivity index (χ0) is 11.4. The van der Waals surface area contributed by atoms with E-state index in [1.165, 1.54) is 18.2 Å². The van der Waals surface area contributed by atoms with Crippen molar-refractivity contribution < 1.29 is 9.18 Å². The van der Waals surface area contributed by atoms with Gasteiger partial charge in [-0.25, -0.2) is 4.39 Å². The van der Waals surface area contributed by atoms with Crippen LogP contribution in [0.2, 0.25) is 0 Å². The predicted octanol–water partition coefficient (Wildman–Crippen LogP) is 2.30. The summed E-state index contributed by atoms with van der Waals surface area (Å²) in [7, 11) is 0. The molecule has 1 unspecified atom stereocenters. The molecule has 0 fully saturated rings. The summed E-state index contributed by atoms with van der Waals surface area (Å²) in [5, 5.41) is 0. The number of halogens is 1. The van der Waals surface area contributed by atoms with Crippen molar-refractivity contribution in [3.63, 3.8) is 0 Å². The zero-order valence-electron chi connectivity index (χ0n) is 9.09. The number of ketones is 1. The van der Waals surface area contributed by atoms with Crippen LogP contribution in [0.5, 0.6) is 0 Å². The number of nitrogens with two attached hydrogens (primary N) is 1. The van der Waals surface area contributed by atoms with Gasteiger partial charge in [-0.2, -0.15) is 0 Å². The van der Waals surface area contributed by atoms with E-state index in [0.29, 0.717) is 24.1 Å².